The molecule has 24 heteroatoms. The number of rotatable bonds is 16. The molecule has 2 aliphatic carbocycles. The summed E-state index contributed by atoms with van der Waals surface area (Å²) in [6.07, 6.45) is -20.3. The summed E-state index contributed by atoms with van der Waals surface area (Å²) in [5.41, 5.74) is 23.6. The SMILES string of the molecule is COc1c(N2CCNC(C)C2)c(F)c(C)c2c(=O)c(C(=O)OC[C@H]3O[C@H](O[C@H]4[C@H](CC(=O)[C@@H](O)CCN)C[C@H](N)[C@@H](O[C@H]5O[C@H](CN)[C@@H](O)[C@H](O)[C@H]5O)[C@@H]4O)[C@H](O)[C@@H](N)[C@@H]3O)c(C)n(C3CC3)c12. The summed E-state index contributed by atoms with van der Waals surface area (Å²) in [6, 6.07) is -2.71. The summed E-state index contributed by atoms with van der Waals surface area (Å²) in [4.78, 5) is 43.7. The molecule has 0 bridgehead atoms. The lowest BCUT2D eigenvalue weighted by atomic mass is 9.76. The molecule has 1 aromatic carbocycles. The molecule has 2 saturated carbocycles. The Morgan fingerprint density at radius 2 is 1.59 bits per heavy atom. The average Bonchev–Trinajstić information content (AvgIpc) is 4.15. The van der Waals surface area contributed by atoms with Crippen molar-refractivity contribution in [2.45, 2.75) is 157 Å². The Kier molecular flexibility index (Phi) is 16.5. The van der Waals surface area contributed by atoms with E-state index in [0.29, 0.717) is 38.0 Å². The first-order chi connectivity index (χ1) is 32.2. The van der Waals surface area contributed by atoms with Crippen LogP contribution < -0.4 is 43.3 Å². The van der Waals surface area contributed by atoms with Gasteiger partial charge in [-0.3, -0.25) is 9.59 Å². The van der Waals surface area contributed by atoms with E-state index in [2.05, 4.69) is 5.32 Å². The summed E-state index contributed by atoms with van der Waals surface area (Å²) in [5, 5.41) is 79.7. The van der Waals surface area contributed by atoms with Crippen LogP contribution in [0.1, 0.15) is 66.7 Å². The van der Waals surface area contributed by atoms with Crippen LogP contribution in [-0.2, 0) is 28.5 Å². The van der Waals surface area contributed by atoms with Gasteiger partial charge in [0.25, 0.3) is 0 Å². The number of carbonyl (C=O) groups is 2. The fourth-order valence-corrected chi connectivity index (χ4v) is 10.1. The van der Waals surface area contributed by atoms with E-state index in [-0.39, 0.29) is 71.7 Å². The average molecular weight is 970 g/mol. The number of benzene rings is 1. The molecule has 0 amide bonds. The largest absolute Gasteiger partial charge is 0.492 e. The first-order valence-electron chi connectivity index (χ1n) is 23.2. The Morgan fingerprint density at radius 1 is 0.926 bits per heavy atom. The number of piperazine rings is 1. The number of aliphatic hydroxyl groups excluding tert-OH is 7. The van der Waals surface area contributed by atoms with Crippen molar-refractivity contribution in [3.8, 4) is 5.75 Å². The van der Waals surface area contributed by atoms with Gasteiger partial charge in [0.05, 0.1) is 30.2 Å². The number of esters is 1. The normalized spacial score (nSPS) is 36.1. The van der Waals surface area contributed by atoms with E-state index in [1.807, 2.05) is 16.4 Å². The Bertz CT molecular complexity index is 2200. The number of halogens is 1. The van der Waals surface area contributed by atoms with E-state index in [4.69, 9.17) is 51.4 Å². The molecule has 0 radical (unpaired) electrons. The Morgan fingerprint density at radius 3 is 2.22 bits per heavy atom. The number of fused-ring (bicyclic) bond motifs is 1. The third kappa shape index (κ3) is 10.0. The van der Waals surface area contributed by atoms with Gasteiger partial charge in [0.1, 0.15) is 78.9 Å². The van der Waals surface area contributed by atoms with Crippen LogP contribution in [0.4, 0.5) is 10.1 Å². The maximum atomic E-state index is 16.6. The van der Waals surface area contributed by atoms with Gasteiger partial charge in [-0.05, 0) is 58.9 Å². The summed E-state index contributed by atoms with van der Waals surface area (Å²) in [6.45, 7) is 5.57. The van der Waals surface area contributed by atoms with Crippen molar-refractivity contribution < 1.29 is 78.1 Å². The molecule has 17 atom stereocenters. The van der Waals surface area contributed by atoms with Gasteiger partial charge in [-0.15, -0.1) is 0 Å². The number of methoxy groups -OCH3 is 1. The minimum absolute atomic E-state index is 0.0146. The second kappa shape index (κ2) is 21.4. The molecule has 16 N–H and O–H groups in total. The molecule has 68 heavy (non-hydrogen) atoms. The molecular weight excluding hydrogens is 902 g/mol. The number of carbonyl (C=O) groups excluding carboxylic acids is 2. The van der Waals surface area contributed by atoms with Gasteiger partial charge in [-0.25, -0.2) is 9.18 Å². The second-order valence-corrected chi connectivity index (χ2v) is 18.8. The van der Waals surface area contributed by atoms with E-state index >= 15 is 4.39 Å². The Balaban J connectivity index is 1.15. The fourth-order valence-electron chi connectivity index (χ4n) is 10.1. The number of ketones is 1. The second-order valence-electron chi connectivity index (χ2n) is 18.8. The number of hydrogen-bond acceptors (Lipinski definition) is 22. The van der Waals surface area contributed by atoms with E-state index in [9.17, 15) is 50.1 Å². The van der Waals surface area contributed by atoms with Crippen LogP contribution in [0.2, 0.25) is 0 Å². The Labute approximate surface area is 391 Å². The predicted octanol–water partition coefficient (Wildman–Crippen LogP) is -4.26. The number of nitrogens with zero attached hydrogens (tertiary/aromatic N) is 2. The topological polar surface area (TPSA) is 372 Å². The number of aliphatic hydroxyl groups is 7. The lowest BCUT2D eigenvalue weighted by Crippen LogP contribution is -2.67. The number of anilines is 1. The zero-order valence-electron chi connectivity index (χ0n) is 38.6. The van der Waals surface area contributed by atoms with Gasteiger partial charge in [-0.1, -0.05) is 0 Å². The maximum absolute atomic E-state index is 16.6. The minimum Gasteiger partial charge on any atom is -0.492 e. The van der Waals surface area contributed by atoms with Gasteiger partial charge < -0.3 is 102 Å². The lowest BCUT2D eigenvalue weighted by Gasteiger charge is -2.49. The van der Waals surface area contributed by atoms with Gasteiger partial charge in [0.15, 0.2) is 29.9 Å². The molecule has 4 heterocycles. The number of aromatic nitrogens is 1. The zero-order chi connectivity index (χ0) is 49.6. The van der Waals surface area contributed by atoms with Crippen LogP contribution in [0.25, 0.3) is 10.9 Å². The van der Waals surface area contributed by atoms with Gasteiger partial charge in [0, 0.05) is 62.0 Å². The summed E-state index contributed by atoms with van der Waals surface area (Å²) >= 11 is 0. The summed E-state index contributed by atoms with van der Waals surface area (Å²) in [7, 11) is 1.41. The lowest BCUT2D eigenvalue weighted by molar-refractivity contribution is -0.335. The van der Waals surface area contributed by atoms with Crippen LogP contribution in [-0.4, -0.2) is 196 Å². The third-order valence-electron chi connectivity index (χ3n) is 14.0. The summed E-state index contributed by atoms with van der Waals surface area (Å²) < 4.78 is 53.6. The Hall–Kier alpha value is -3.54. The highest BCUT2D eigenvalue weighted by molar-refractivity contribution is 6.00. The fraction of sp³-hybridized carbons (Fsp3) is 0.750. The van der Waals surface area contributed by atoms with Gasteiger partial charge in [0.2, 0.25) is 5.43 Å². The van der Waals surface area contributed by atoms with Crippen LogP contribution in [0.5, 0.6) is 5.75 Å². The van der Waals surface area contributed by atoms with Crippen molar-refractivity contribution in [1.82, 2.24) is 9.88 Å². The monoisotopic (exact) mass is 969 g/mol. The van der Waals surface area contributed by atoms with Crippen molar-refractivity contribution in [3.63, 3.8) is 0 Å². The molecule has 7 rings (SSSR count). The highest BCUT2D eigenvalue weighted by atomic mass is 19.1. The van der Waals surface area contributed by atoms with E-state index in [1.165, 1.54) is 14.0 Å². The molecule has 1 unspecified atom stereocenters. The van der Waals surface area contributed by atoms with Gasteiger partial charge in [-0.2, -0.15) is 0 Å². The van der Waals surface area contributed by atoms with Crippen molar-refractivity contribution in [1.29, 1.82) is 0 Å². The van der Waals surface area contributed by atoms with E-state index in [0.717, 1.165) is 0 Å². The van der Waals surface area contributed by atoms with Crippen LogP contribution in [0.15, 0.2) is 4.79 Å². The third-order valence-corrected chi connectivity index (χ3v) is 14.0. The number of Topliss-reactive ketones (excluding diaryl/α,β-unsaturated/α-hetero) is 1. The quantitative estimate of drug-likeness (QED) is 0.0709. The highest BCUT2D eigenvalue weighted by Gasteiger charge is 2.53. The standard InChI is InChI=1S/C44H68FN7O16/c1-16-14-51(10-9-50-16)31-28(45)17(2)26-30(41(31)63-4)52(20-5-6-20)18(3)27(34(26)57)42(62)64-15-25-32(55)29(49)35(58)43(66-25)67-39-19(12-23(54)22(53)7-8-46)11-21(48)40(38(39)61)68-44-37(60)36(59)33(56)24(13-47)65-44/h16,19-22,24-25,29,32-33,35-40,43-44,50,53,55-56,58-61H,5-15,46-49H2,1-4H3/t16?,19-,21-,22-,24+,25+,29-,32+,33+,35+,36-,37+,38+,39-,40+,43+,44+/m0/s1. The molecule has 5 aliphatic rings. The smallest absolute Gasteiger partial charge is 0.344 e. The number of aryl methyl sites for hydroxylation is 1. The zero-order valence-corrected chi connectivity index (χ0v) is 38.6. The van der Waals surface area contributed by atoms with Crippen LogP contribution >= 0.6 is 0 Å². The minimum atomic E-state index is -1.83. The molecule has 2 aromatic rings. The first kappa shape index (κ1) is 52.3. The number of hydrogen-bond donors (Lipinski definition) is 12. The van der Waals surface area contributed by atoms with Crippen molar-refractivity contribution in [2.24, 2.45) is 28.9 Å². The number of nitrogens with one attached hydrogen (secondary N) is 1. The van der Waals surface area contributed by atoms with Crippen LogP contribution in [0, 0.1) is 25.6 Å². The van der Waals surface area contributed by atoms with E-state index < -0.39 is 134 Å². The molecule has 3 saturated heterocycles. The number of nitrogens with two attached hydrogens (primary N) is 4. The molecule has 1 aromatic heterocycles. The number of pyridine rings is 1. The maximum Gasteiger partial charge on any atom is 0.344 e. The molecule has 382 valence electrons. The molecule has 23 nitrogen and oxygen atoms in total. The van der Waals surface area contributed by atoms with Crippen molar-refractivity contribution >= 4 is 28.3 Å². The van der Waals surface area contributed by atoms with Gasteiger partial charge >= 0.3 is 5.97 Å². The van der Waals surface area contributed by atoms with Crippen molar-refractivity contribution in [3.05, 3.63) is 32.9 Å². The van der Waals surface area contributed by atoms with Crippen LogP contribution in [0.3, 0.4) is 0 Å². The van der Waals surface area contributed by atoms with Crippen molar-refractivity contribution in [2.75, 3.05) is 51.3 Å². The molecule has 5 fully saturated rings. The molecule has 0 spiro atoms. The highest BCUT2D eigenvalue weighted by Crippen LogP contribution is 2.46. The first-order valence-corrected chi connectivity index (χ1v) is 23.2. The summed E-state index contributed by atoms with van der Waals surface area (Å²) in [5.74, 6) is -3.28. The van der Waals surface area contributed by atoms with E-state index in [1.54, 1.807) is 6.92 Å². The predicted molar refractivity (Wildman–Crippen MR) is 238 cm³/mol. The molecular formula is C44H68FN7O16. The molecule has 3 aliphatic heterocycles. The number of ether oxygens (including phenoxy) is 6.